The molecule has 12 rings (SSSR count). The number of nitrogens with zero attached hydrogens (tertiary/aromatic N) is 4. The maximum Gasteiger partial charge on any atom is 0.164 e. The second-order valence-corrected chi connectivity index (χ2v) is 14.2. The number of hydrogen-bond acceptors (Lipinski definition) is 5. The Labute approximate surface area is 314 Å². The van der Waals surface area contributed by atoms with Crippen LogP contribution in [0.5, 0.6) is 0 Å². The van der Waals surface area contributed by atoms with Crippen LogP contribution >= 0.6 is 0 Å². The van der Waals surface area contributed by atoms with E-state index in [4.69, 9.17) is 24.4 Å². The van der Waals surface area contributed by atoms with Crippen molar-refractivity contribution >= 4 is 75.9 Å². The fourth-order valence-electron chi connectivity index (χ4n) is 8.41. The molecule has 0 fully saturated rings. The highest BCUT2D eigenvalue weighted by atomic mass is 16.3. The van der Waals surface area contributed by atoms with E-state index >= 15 is 0 Å². The van der Waals surface area contributed by atoms with E-state index in [1.165, 1.54) is 32.3 Å². The van der Waals surface area contributed by atoms with Crippen LogP contribution in [0.3, 0.4) is 0 Å². The summed E-state index contributed by atoms with van der Waals surface area (Å²) in [5.41, 5.74) is 7.26. The Morgan fingerprint density at radius 3 is 1.80 bits per heavy atom. The molecular weight excluding hydrogens is 673 g/mol. The normalized spacial score (nSPS) is 12.0. The van der Waals surface area contributed by atoms with Crippen LogP contribution in [-0.2, 0) is 0 Å². The summed E-state index contributed by atoms with van der Waals surface area (Å²) in [4.78, 5) is 20.7. The van der Waals surface area contributed by atoms with Gasteiger partial charge < -0.3 is 4.42 Å². The number of para-hydroxylation sites is 2. The number of benzene rings is 9. The van der Waals surface area contributed by atoms with E-state index < -0.39 is 0 Å². The van der Waals surface area contributed by atoms with E-state index in [1.807, 2.05) is 36.4 Å². The molecule has 0 radical (unpaired) electrons. The van der Waals surface area contributed by atoms with Gasteiger partial charge in [-0.1, -0.05) is 140 Å². The molecular formula is C50H28N4O. The minimum Gasteiger partial charge on any atom is -0.455 e. The van der Waals surface area contributed by atoms with Gasteiger partial charge in [0.25, 0.3) is 0 Å². The molecule has 55 heavy (non-hydrogen) atoms. The minimum absolute atomic E-state index is 0.607. The van der Waals surface area contributed by atoms with Gasteiger partial charge in [-0.2, -0.15) is 0 Å². The van der Waals surface area contributed by atoms with E-state index in [0.29, 0.717) is 17.5 Å². The zero-order valence-electron chi connectivity index (χ0n) is 29.4. The second-order valence-electron chi connectivity index (χ2n) is 14.2. The summed E-state index contributed by atoms with van der Waals surface area (Å²) < 4.78 is 6.46. The van der Waals surface area contributed by atoms with Crippen LogP contribution in [0.25, 0.3) is 121 Å². The number of furan rings is 1. The first-order chi connectivity index (χ1) is 27.2. The zero-order chi connectivity index (χ0) is 36.0. The van der Waals surface area contributed by atoms with Crippen LogP contribution in [0.4, 0.5) is 0 Å². The number of hydrogen-bond donors (Lipinski definition) is 0. The first kappa shape index (κ1) is 30.0. The Kier molecular flexibility index (Phi) is 6.27. The fraction of sp³-hybridized carbons (Fsp3) is 0. The quantitative estimate of drug-likeness (QED) is 0.171. The average molecular weight is 701 g/mol. The Hall–Kier alpha value is -7.50. The second kappa shape index (κ2) is 11.5. The summed E-state index contributed by atoms with van der Waals surface area (Å²) in [5.74, 6) is 1.87. The van der Waals surface area contributed by atoms with Crippen molar-refractivity contribution in [3.63, 3.8) is 0 Å². The Morgan fingerprint density at radius 1 is 0.345 bits per heavy atom. The van der Waals surface area contributed by atoms with E-state index in [1.54, 1.807) is 0 Å². The van der Waals surface area contributed by atoms with Gasteiger partial charge >= 0.3 is 0 Å². The third-order valence-electron chi connectivity index (χ3n) is 11.0. The fourth-order valence-corrected chi connectivity index (χ4v) is 8.41. The van der Waals surface area contributed by atoms with Crippen molar-refractivity contribution in [2.75, 3.05) is 0 Å². The number of rotatable bonds is 4. The molecule has 0 spiro atoms. The van der Waals surface area contributed by atoms with Crippen molar-refractivity contribution in [3.05, 3.63) is 170 Å². The van der Waals surface area contributed by atoms with Gasteiger partial charge in [-0.25, -0.2) is 19.9 Å². The van der Waals surface area contributed by atoms with E-state index in [-0.39, 0.29) is 0 Å². The Bertz CT molecular complexity index is 3480. The molecule has 0 saturated heterocycles. The first-order valence-corrected chi connectivity index (χ1v) is 18.5. The van der Waals surface area contributed by atoms with Crippen molar-refractivity contribution in [2.45, 2.75) is 0 Å². The molecule has 3 heterocycles. The zero-order valence-corrected chi connectivity index (χ0v) is 29.4. The summed E-state index contributed by atoms with van der Waals surface area (Å²) in [6.07, 6.45) is 0. The van der Waals surface area contributed by atoms with Crippen LogP contribution in [-0.4, -0.2) is 19.9 Å². The smallest absolute Gasteiger partial charge is 0.164 e. The number of fused-ring (bicyclic) bond motifs is 6. The van der Waals surface area contributed by atoms with E-state index in [0.717, 1.165) is 71.6 Å². The lowest BCUT2D eigenvalue weighted by Crippen LogP contribution is -2.01. The van der Waals surface area contributed by atoms with E-state index in [9.17, 15) is 0 Å². The maximum atomic E-state index is 6.46. The van der Waals surface area contributed by atoms with Gasteiger partial charge in [0.2, 0.25) is 0 Å². The molecule has 0 N–H and O–H groups in total. The standard InChI is InChI=1S/C50H28N4O/c1-2-9-35-28-36(23-16-29(35)8-1)49-52-48(53-50(54-49)38-27-25-32-18-17-30-10-7-11-31-24-26-37(38)44(32)43(30)31)34-21-19-33(20-22-34)46-45-40-13-4-6-15-42(40)55-47(45)39-12-3-5-14-41(39)51-46/h1-28H. The molecule has 12 aromatic rings. The third-order valence-corrected chi connectivity index (χ3v) is 11.0. The van der Waals surface area contributed by atoms with Gasteiger partial charge in [0.05, 0.1) is 16.6 Å². The van der Waals surface area contributed by atoms with Gasteiger partial charge in [0, 0.05) is 33.0 Å². The van der Waals surface area contributed by atoms with Crippen molar-refractivity contribution in [3.8, 4) is 45.4 Å². The lowest BCUT2D eigenvalue weighted by molar-refractivity contribution is 0.672. The lowest BCUT2D eigenvalue weighted by atomic mass is 9.92. The predicted molar refractivity (Wildman–Crippen MR) is 225 cm³/mol. The molecule has 3 aromatic heterocycles. The predicted octanol–water partition coefficient (Wildman–Crippen LogP) is 13.0. The van der Waals surface area contributed by atoms with Crippen LogP contribution in [0.1, 0.15) is 0 Å². The largest absolute Gasteiger partial charge is 0.455 e. The third kappa shape index (κ3) is 4.60. The first-order valence-electron chi connectivity index (χ1n) is 18.5. The molecule has 5 nitrogen and oxygen atoms in total. The maximum absolute atomic E-state index is 6.46. The molecule has 0 aliphatic rings. The van der Waals surface area contributed by atoms with Crippen LogP contribution < -0.4 is 0 Å². The van der Waals surface area contributed by atoms with Crippen LogP contribution in [0.2, 0.25) is 0 Å². The topological polar surface area (TPSA) is 64.7 Å². The van der Waals surface area contributed by atoms with Gasteiger partial charge in [0.15, 0.2) is 17.5 Å². The lowest BCUT2D eigenvalue weighted by Gasteiger charge is -2.14. The van der Waals surface area contributed by atoms with Gasteiger partial charge in [-0.15, -0.1) is 0 Å². The van der Waals surface area contributed by atoms with Gasteiger partial charge in [0.1, 0.15) is 11.2 Å². The van der Waals surface area contributed by atoms with Crippen molar-refractivity contribution < 1.29 is 4.42 Å². The van der Waals surface area contributed by atoms with Crippen LogP contribution in [0.15, 0.2) is 174 Å². The summed E-state index contributed by atoms with van der Waals surface area (Å²) >= 11 is 0. The molecule has 0 amide bonds. The molecule has 254 valence electrons. The van der Waals surface area contributed by atoms with Crippen LogP contribution in [0, 0.1) is 0 Å². The molecule has 0 aliphatic carbocycles. The number of pyridine rings is 1. The van der Waals surface area contributed by atoms with Crippen molar-refractivity contribution in [2.24, 2.45) is 0 Å². The molecule has 5 heteroatoms. The molecule has 0 atom stereocenters. The summed E-state index contributed by atoms with van der Waals surface area (Å²) in [7, 11) is 0. The Morgan fingerprint density at radius 2 is 0.945 bits per heavy atom. The van der Waals surface area contributed by atoms with Gasteiger partial charge in [-0.05, 0) is 73.4 Å². The highest BCUT2D eigenvalue weighted by Gasteiger charge is 2.20. The SMILES string of the molecule is c1ccc2cc(-c3nc(-c4ccc(-c5nc6ccccc6c6oc7ccccc7c56)cc4)nc(-c4ccc5ccc6cccc7ccc4c5c67)n3)ccc2c1. The summed E-state index contributed by atoms with van der Waals surface area (Å²) in [6.45, 7) is 0. The minimum atomic E-state index is 0.607. The highest BCUT2D eigenvalue weighted by molar-refractivity contribution is 6.25. The van der Waals surface area contributed by atoms with Crippen molar-refractivity contribution in [1.29, 1.82) is 0 Å². The van der Waals surface area contributed by atoms with Gasteiger partial charge in [-0.3, -0.25) is 0 Å². The molecule has 9 aromatic carbocycles. The van der Waals surface area contributed by atoms with E-state index in [2.05, 4.69) is 133 Å². The Balaban J connectivity index is 1.06. The molecule has 0 aliphatic heterocycles. The molecule has 0 unspecified atom stereocenters. The monoisotopic (exact) mass is 700 g/mol. The van der Waals surface area contributed by atoms with Crippen molar-refractivity contribution in [1.82, 2.24) is 19.9 Å². The number of aromatic nitrogens is 4. The average Bonchev–Trinajstić information content (AvgIpc) is 3.65. The highest BCUT2D eigenvalue weighted by Crippen LogP contribution is 2.41. The molecule has 0 bridgehead atoms. The summed E-state index contributed by atoms with van der Waals surface area (Å²) in [6, 6.07) is 59.2. The molecule has 0 saturated carbocycles. The summed E-state index contributed by atoms with van der Waals surface area (Å²) in [5, 5.41) is 12.6.